The maximum atomic E-state index is 12.2. The second kappa shape index (κ2) is 8.78. The lowest BCUT2D eigenvalue weighted by Crippen LogP contribution is -2.53. The van der Waals surface area contributed by atoms with Crippen LogP contribution in [0.3, 0.4) is 0 Å². The highest BCUT2D eigenvalue weighted by Crippen LogP contribution is 2.41. The number of fused-ring (bicyclic) bond motifs is 1. The molecule has 32 heavy (non-hydrogen) atoms. The van der Waals surface area contributed by atoms with E-state index in [0.717, 1.165) is 48.8 Å². The number of likely N-dealkylation sites (tertiary alicyclic amines) is 1. The van der Waals surface area contributed by atoms with E-state index in [2.05, 4.69) is 17.0 Å². The largest absolute Gasteiger partial charge is 0.489 e. The van der Waals surface area contributed by atoms with Crippen molar-refractivity contribution < 1.29 is 14.3 Å². The molecular weight excluding hydrogens is 400 g/mol. The predicted octanol–water partition coefficient (Wildman–Crippen LogP) is 4.68. The van der Waals surface area contributed by atoms with Gasteiger partial charge < -0.3 is 19.3 Å². The zero-order valence-electron chi connectivity index (χ0n) is 19.3. The fourth-order valence-corrected chi connectivity index (χ4v) is 5.21. The van der Waals surface area contributed by atoms with E-state index in [9.17, 15) is 4.79 Å². The van der Waals surface area contributed by atoms with Crippen LogP contribution in [0, 0.1) is 0 Å². The number of hydrogen-bond acceptors (Lipinski definition) is 4. The number of ether oxygens (including phenoxy) is 2. The summed E-state index contributed by atoms with van der Waals surface area (Å²) in [6.07, 6.45) is 8.59. The third-order valence-electron chi connectivity index (χ3n) is 7.49. The van der Waals surface area contributed by atoms with Crippen LogP contribution < -0.4 is 9.47 Å². The first-order valence-electron chi connectivity index (χ1n) is 12.0. The zero-order chi connectivity index (χ0) is 22.1. The van der Waals surface area contributed by atoms with Gasteiger partial charge in [-0.05, 0) is 80.0 Å². The monoisotopic (exact) mass is 434 g/mol. The van der Waals surface area contributed by atoms with Crippen molar-refractivity contribution in [3.63, 3.8) is 0 Å². The third kappa shape index (κ3) is 4.36. The molecule has 170 valence electrons. The van der Waals surface area contributed by atoms with Crippen LogP contribution in [-0.4, -0.2) is 54.5 Å². The molecule has 0 aromatic heterocycles. The summed E-state index contributed by atoms with van der Waals surface area (Å²) < 4.78 is 12.7. The minimum atomic E-state index is 0.00484. The summed E-state index contributed by atoms with van der Waals surface area (Å²) in [5.41, 5.74) is 2.94. The van der Waals surface area contributed by atoms with Crippen molar-refractivity contribution >= 4 is 5.91 Å². The average Bonchev–Trinajstić information content (AvgIpc) is 2.78. The molecule has 1 saturated heterocycles. The Hall–Kier alpha value is -2.53. The highest BCUT2D eigenvalue weighted by atomic mass is 16.5. The lowest BCUT2D eigenvalue weighted by Gasteiger charge is -2.48. The molecule has 5 heteroatoms. The number of aryl methyl sites for hydroxylation is 1. The first kappa shape index (κ1) is 21.3. The van der Waals surface area contributed by atoms with Crippen LogP contribution in [0.25, 0.3) is 0 Å². The third-order valence-corrected chi connectivity index (χ3v) is 7.49. The van der Waals surface area contributed by atoms with Crippen LogP contribution >= 0.6 is 0 Å². The molecule has 2 heterocycles. The topological polar surface area (TPSA) is 42.0 Å². The molecule has 1 amide bonds. The van der Waals surface area contributed by atoms with Gasteiger partial charge in [0, 0.05) is 38.8 Å². The Morgan fingerprint density at radius 3 is 2.66 bits per heavy atom. The van der Waals surface area contributed by atoms with E-state index in [1.807, 2.05) is 30.3 Å². The van der Waals surface area contributed by atoms with E-state index < -0.39 is 0 Å². The van der Waals surface area contributed by atoms with Crippen molar-refractivity contribution in [1.29, 1.82) is 0 Å². The Labute approximate surface area is 191 Å². The molecule has 2 aromatic carbocycles. The Bertz CT molecular complexity index is 975. The molecule has 1 aliphatic carbocycles. The van der Waals surface area contributed by atoms with E-state index >= 15 is 0 Å². The summed E-state index contributed by atoms with van der Waals surface area (Å²) in [4.78, 5) is 16.5. The fourth-order valence-electron chi connectivity index (χ4n) is 5.21. The van der Waals surface area contributed by atoms with Crippen molar-refractivity contribution in [2.24, 2.45) is 0 Å². The summed E-state index contributed by atoms with van der Waals surface area (Å²) >= 11 is 0. The SMILES string of the molecule is CN(C)C(=O)c1cccc(COc2ccc3c(c2)CCC2(CCN(C4CCC4)CC2)O3)c1. The number of amides is 1. The number of piperidine rings is 1. The standard InChI is InChI=1S/C27H34N2O3/c1-28(2)26(30)22-6-3-5-20(17-22)19-31-24-9-10-25-21(18-24)11-12-27(32-25)13-15-29(16-14-27)23-7-4-8-23/h3,5-6,9-10,17-18,23H,4,7-8,11-16,19H2,1-2H3. The molecule has 2 fully saturated rings. The second-order valence-corrected chi connectivity index (χ2v) is 9.86. The van der Waals surface area contributed by atoms with Gasteiger partial charge in [0.05, 0.1) is 0 Å². The molecule has 1 saturated carbocycles. The maximum absolute atomic E-state index is 12.2. The van der Waals surface area contributed by atoms with E-state index in [-0.39, 0.29) is 11.5 Å². The zero-order valence-corrected chi connectivity index (χ0v) is 19.3. The molecule has 3 aliphatic rings. The van der Waals surface area contributed by atoms with Crippen LogP contribution in [0.5, 0.6) is 11.5 Å². The molecule has 1 spiro atoms. The second-order valence-electron chi connectivity index (χ2n) is 9.86. The normalized spacial score (nSPS) is 20.2. The average molecular weight is 435 g/mol. The lowest BCUT2D eigenvalue weighted by atomic mass is 9.81. The van der Waals surface area contributed by atoms with Crippen LogP contribution in [0.4, 0.5) is 0 Å². The quantitative estimate of drug-likeness (QED) is 0.685. The van der Waals surface area contributed by atoms with Crippen molar-refractivity contribution in [1.82, 2.24) is 9.80 Å². The lowest BCUT2D eigenvalue weighted by molar-refractivity contribution is -0.0337. The number of carbonyl (C=O) groups is 1. The van der Waals surface area contributed by atoms with Crippen LogP contribution in [-0.2, 0) is 13.0 Å². The number of nitrogens with zero attached hydrogens (tertiary/aromatic N) is 2. The molecule has 5 nitrogen and oxygen atoms in total. The Morgan fingerprint density at radius 1 is 1.12 bits per heavy atom. The fraction of sp³-hybridized carbons (Fsp3) is 0.519. The van der Waals surface area contributed by atoms with Gasteiger partial charge in [-0.1, -0.05) is 18.6 Å². The number of benzene rings is 2. The molecule has 0 bridgehead atoms. The van der Waals surface area contributed by atoms with E-state index in [4.69, 9.17) is 9.47 Å². The molecular formula is C27H34N2O3. The molecule has 2 aliphatic heterocycles. The minimum Gasteiger partial charge on any atom is -0.489 e. The Kier molecular flexibility index (Phi) is 5.85. The molecule has 0 radical (unpaired) electrons. The first-order valence-corrected chi connectivity index (χ1v) is 12.0. The summed E-state index contributed by atoms with van der Waals surface area (Å²) in [5.74, 6) is 1.89. The van der Waals surface area contributed by atoms with Gasteiger partial charge in [0.25, 0.3) is 5.91 Å². The van der Waals surface area contributed by atoms with E-state index in [1.54, 1.807) is 19.0 Å². The minimum absolute atomic E-state index is 0.00484. The van der Waals surface area contributed by atoms with E-state index in [1.165, 1.54) is 37.9 Å². The first-order chi connectivity index (χ1) is 15.5. The number of carbonyl (C=O) groups excluding carboxylic acids is 1. The number of hydrogen-bond donors (Lipinski definition) is 0. The molecule has 0 unspecified atom stereocenters. The molecule has 2 aromatic rings. The smallest absolute Gasteiger partial charge is 0.253 e. The Balaban J connectivity index is 1.20. The van der Waals surface area contributed by atoms with Gasteiger partial charge in [-0.2, -0.15) is 0 Å². The van der Waals surface area contributed by atoms with Crippen molar-refractivity contribution in [3.8, 4) is 11.5 Å². The van der Waals surface area contributed by atoms with Gasteiger partial charge in [-0.15, -0.1) is 0 Å². The predicted molar refractivity (Wildman–Crippen MR) is 125 cm³/mol. The molecule has 0 atom stereocenters. The molecule has 0 N–H and O–H groups in total. The van der Waals surface area contributed by atoms with Crippen molar-refractivity contribution in [3.05, 3.63) is 59.2 Å². The summed E-state index contributed by atoms with van der Waals surface area (Å²) in [6.45, 7) is 2.79. The highest BCUT2D eigenvalue weighted by molar-refractivity contribution is 5.94. The van der Waals surface area contributed by atoms with Crippen LogP contribution in [0.15, 0.2) is 42.5 Å². The van der Waals surface area contributed by atoms with Gasteiger partial charge in [0.15, 0.2) is 0 Å². The van der Waals surface area contributed by atoms with Gasteiger partial charge in [-0.3, -0.25) is 4.79 Å². The van der Waals surface area contributed by atoms with Crippen molar-refractivity contribution in [2.45, 2.75) is 63.2 Å². The van der Waals surface area contributed by atoms with Gasteiger partial charge in [0.1, 0.15) is 23.7 Å². The molecule has 5 rings (SSSR count). The summed E-state index contributed by atoms with van der Waals surface area (Å²) in [6, 6.07) is 14.7. The van der Waals surface area contributed by atoms with Crippen LogP contribution in [0.2, 0.25) is 0 Å². The van der Waals surface area contributed by atoms with Gasteiger partial charge in [0.2, 0.25) is 0 Å². The van der Waals surface area contributed by atoms with Gasteiger partial charge >= 0.3 is 0 Å². The summed E-state index contributed by atoms with van der Waals surface area (Å²) in [5, 5.41) is 0. The van der Waals surface area contributed by atoms with E-state index in [0.29, 0.717) is 12.2 Å². The summed E-state index contributed by atoms with van der Waals surface area (Å²) in [7, 11) is 3.53. The van der Waals surface area contributed by atoms with Gasteiger partial charge in [-0.25, -0.2) is 0 Å². The highest BCUT2D eigenvalue weighted by Gasteiger charge is 2.41. The Morgan fingerprint density at radius 2 is 1.94 bits per heavy atom. The van der Waals surface area contributed by atoms with Crippen molar-refractivity contribution in [2.75, 3.05) is 27.2 Å². The van der Waals surface area contributed by atoms with Crippen LogP contribution in [0.1, 0.15) is 60.0 Å². The maximum Gasteiger partial charge on any atom is 0.253 e. The number of rotatable bonds is 5.